The lowest BCUT2D eigenvalue weighted by Gasteiger charge is -2.13. The first kappa shape index (κ1) is 7.32. The van der Waals surface area contributed by atoms with E-state index in [1.54, 1.807) is 5.94 Å². The van der Waals surface area contributed by atoms with Crippen molar-refractivity contribution in [1.29, 1.82) is 0 Å². The van der Waals surface area contributed by atoms with Gasteiger partial charge in [0.1, 0.15) is 5.94 Å². The molecule has 0 aromatic rings. The van der Waals surface area contributed by atoms with E-state index in [1.165, 1.54) is 6.20 Å². The Kier molecular flexibility index (Phi) is 3.00. The highest BCUT2D eigenvalue weighted by atomic mass is 16.1. The second kappa shape index (κ2) is 4.09. The summed E-state index contributed by atoms with van der Waals surface area (Å²) in [4.78, 5) is 11.9. The fourth-order valence-corrected chi connectivity index (χ4v) is 1.07. The molecule has 3 heteroatoms. The zero-order valence-electron chi connectivity index (χ0n) is 5.97. The molecule has 0 aromatic carbocycles. The summed E-state index contributed by atoms with van der Waals surface area (Å²) in [5.41, 5.74) is 0. The molecule has 0 spiro atoms. The highest BCUT2D eigenvalue weighted by molar-refractivity contribution is 5.44. The van der Waals surface area contributed by atoms with Crippen molar-refractivity contribution in [3.8, 4) is 0 Å². The molecule has 1 rings (SSSR count). The highest BCUT2D eigenvalue weighted by Crippen LogP contribution is 1.93. The van der Waals surface area contributed by atoms with Crippen molar-refractivity contribution in [2.24, 2.45) is 0 Å². The van der Waals surface area contributed by atoms with Gasteiger partial charge in [0.2, 0.25) is 0 Å². The molecule has 0 radical (unpaired) electrons. The van der Waals surface area contributed by atoms with Crippen LogP contribution in [0.4, 0.5) is 0 Å². The Hall–Kier alpha value is -0.790. The second-order valence-electron chi connectivity index (χ2n) is 2.39. The summed E-state index contributed by atoms with van der Waals surface area (Å²) in [6.45, 7) is 3.93. The fraction of sp³-hybridized carbons (Fsp3) is 0.714. The van der Waals surface area contributed by atoms with Gasteiger partial charge in [-0.3, -0.25) is 0 Å². The van der Waals surface area contributed by atoms with Crippen molar-refractivity contribution in [3.63, 3.8) is 0 Å². The molecule has 0 amide bonds. The monoisotopic (exact) mass is 140 g/mol. The molecule has 0 aromatic heterocycles. The van der Waals surface area contributed by atoms with Crippen molar-refractivity contribution in [3.05, 3.63) is 6.20 Å². The Labute approximate surface area is 60.7 Å². The van der Waals surface area contributed by atoms with Gasteiger partial charge in [0, 0.05) is 19.6 Å². The van der Waals surface area contributed by atoms with Crippen molar-refractivity contribution in [2.75, 3.05) is 26.2 Å². The Morgan fingerprint density at radius 1 is 1.40 bits per heavy atom. The largest absolute Gasteiger partial charge is 0.367 e. The van der Waals surface area contributed by atoms with Gasteiger partial charge in [-0.1, -0.05) is 0 Å². The minimum atomic E-state index is 0.926. The molecule has 1 fully saturated rings. The quantitative estimate of drug-likeness (QED) is 0.504. The number of rotatable bonds is 1. The topological polar surface area (TPSA) is 32.3 Å². The molecule has 10 heavy (non-hydrogen) atoms. The van der Waals surface area contributed by atoms with E-state index in [0.717, 1.165) is 32.6 Å². The number of nitrogens with one attached hydrogen (secondary N) is 1. The third-order valence-corrected chi connectivity index (χ3v) is 1.61. The predicted octanol–water partition coefficient (Wildman–Crippen LogP) is -0.373. The van der Waals surface area contributed by atoms with E-state index in [4.69, 9.17) is 0 Å². The molecule has 0 atom stereocenters. The van der Waals surface area contributed by atoms with Gasteiger partial charge in [0.25, 0.3) is 0 Å². The summed E-state index contributed by atoms with van der Waals surface area (Å²) in [6, 6.07) is 0. The number of hydrogen-bond donors (Lipinski definition) is 1. The Balaban J connectivity index is 2.34. The minimum absolute atomic E-state index is 0.926. The van der Waals surface area contributed by atoms with E-state index in [-0.39, 0.29) is 0 Å². The standard InChI is InChI=1S/C7H12N2O/c10-7-6-9-4-1-2-8-3-5-9/h6,8H,1-5H2. The van der Waals surface area contributed by atoms with Crippen LogP contribution in [-0.2, 0) is 4.79 Å². The lowest BCUT2D eigenvalue weighted by Crippen LogP contribution is -2.23. The molecular weight excluding hydrogens is 128 g/mol. The molecule has 56 valence electrons. The molecule has 0 bridgehead atoms. The van der Waals surface area contributed by atoms with E-state index in [1.807, 2.05) is 4.90 Å². The van der Waals surface area contributed by atoms with E-state index in [0.29, 0.717) is 0 Å². The lowest BCUT2D eigenvalue weighted by atomic mass is 10.4. The van der Waals surface area contributed by atoms with E-state index in [2.05, 4.69) is 5.32 Å². The zero-order valence-corrected chi connectivity index (χ0v) is 5.97. The van der Waals surface area contributed by atoms with Gasteiger partial charge in [0.15, 0.2) is 0 Å². The van der Waals surface area contributed by atoms with Crippen molar-refractivity contribution in [2.45, 2.75) is 6.42 Å². The van der Waals surface area contributed by atoms with Crippen LogP contribution in [0.15, 0.2) is 6.20 Å². The maximum atomic E-state index is 9.94. The lowest BCUT2D eigenvalue weighted by molar-refractivity contribution is 0.402. The summed E-state index contributed by atoms with van der Waals surface area (Å²) in [5.74, 6) is 1.79. The molecule has 0 unspecified atom stereocenters. The highest BCUT2D eigenvalue weighted by Gasteiger charge is 2.02. The molecule has 0 saturated carbocycles. The minimum Gasteiger partial charge on any atom is -0.367 e. The SMILES string of the molecule is O=C=CN1CCCNCC1. The van der Waals surface area contributed by atoms with Crippen molar-refractivity contribution >= 4 is 5.94 Å². The predicted molar refractivity (Wildman–Crippen MR) is 39.3 cm³/mol. The van der Waals surface area contributed by atoms with Gasteiger partial charge in [-0.05, 0) is 13.0 Å². The summed E-state index contributed by atoms with van der Waals surface area (Å²) in [7, 11) is 0. The second-order valence-corrected chi connectivity index (χ2v) is 2.39. The van der Waals surface area contributed by atoms with E-state index >= 15 is 0 Å². The van der Waals surface area contributed by atoms with Crippen molar-refractivity contribution in [1.82, 2.24) is 10.2 Å². The van der Waals surface area contributed by atoms with Gasteiger partial charge >= 0.3 is 0 Å². The van der Waals surface area contributed by atoms with Crippen LogP contribution < -0.4 is 5.32 Å². The molecule has 1 saturated heterocycles. The zero-order chi connectivity index (χ0) is 7.23. The van der Waals surface area contributed by atoms with Gasteiger partial charge in [0.05, 0.1) is 6.20 Å². The van der Waals surface area contributed by atoms with Crippen LogP contribution in [0.1, 0.15) is 6.42 Å². The summed E-state index contributed by atoms with van der Waals surface area (Å²) < 4.78 is 0. The van der Waals surface area contributed by atoms with Crippen molar-refractivity contribution < 1.29 is 4.79 Å². The van der Waals surface area contributed by atoms with Crippen LogP contribution >= 0.6 is 0 Å². The molecule has 1 aliphatic heterocycles. The summed E-state index contributed by atoms with van der Waals surface area (Å²) in [6.07, 6.45) is 2.60. The first-order valence-corrected chi connectivity index (χ1v) is 3.59. The Bertz CT molecular complexity index is 133. The smallest absolute Gasteiger partial charge is 0.142 e. The molecule has 1 N–H and O–H groups in total. The molecule has 3 nitrogen and oxygen atoms in total. The van der Waals surface area contributed by atoms with Gasteiger partial charge in [-0.15, -0.1) is 0 Å². The Morgan fingerprint density at radius 2 is 2.30 bits per heavy atom. The van der Waals surface area contributed by atoms with Gasteiger partial charge < -0.3 is 10.2 Å². The first-order valence-electron chi connectivity index (χ1n) is 3.59. The number of nitrogens with zero attached hydrogens (tertiary/aromatic N) is 1. The van der Waals surface area contributed by atoms with E-state index in [9.17, 15) is 4.79 Å². The summed E-state index contributed by atoms with van der Waals surface area (Å²) >= 11 is 0. The van der Waals surface area contributed by atoms with Crippen LogP contribution in [0.5, 0.6) is 0 Å². The fourth-order valence-electron chi connectivity index (χ4n) is 1.07. The number of carbonyl (C=O) groups excluding carboxylic acids is 1. The first-order chi connectivity index (χ1) is 4.93. The Morgan fingerprint density at radius 3 is 3.10 bits per heavy atom. The molecular formula is C7H12N2O. The molecule has 1 aliphatic rings. The normalized spacial score (nSPS) is 19.4. The maximum Gasteiger partial charge on any atom is 0.142 e. The maximum absolute atomic E-state index is 9.94. The van der Waals surface area contributed by atoms with Gasteiger partial charge in [-0.25, -0.2) is 4.79 Å². The van der Waals surface area contributed by atoms with Crippen LogP contribution in [0.3, 0.4) is 0 Å². The van der Waals surface area contributed by atoms with Gasteiger partial charge in [-0.2, -0.15) is 0 Å². The third kappa shape index (κ3) is 2.21. The van der Waals surface area contributed by atoms with Crippen LogP contribution in [-0.4, -0.2) is 37.0 Å². The average molecular weight is 140 g/mol. The van der Waals surface area contributed by atoms with Crippen LogP contribution in [0.25, 0.3) is 0 Å². The third-order valence-electron chi connectivity index (χ3n) is 1.61. The summed E-state index contributed by atoms with van der Waals surface area (Å²) in [5, 5.41) is 3.24. The van der Waals surface area contributed by atoms with E-state index < -0.39 is 0 Å². The van der Waals surface area contributed by atoms with Crippen LogP contribution in [0, 0.1) is 0 Å². The molecule has 1 heterocycles. The average Bonchev–Trinajstić information content (AvgIpc) is 2.17. The number of hydrogen-bond acceptors (Lipinski definition) is 3. The van der Waals surface area contributed by atoms with Crippen LogP contribution in [0.2, 0.25) is 0 Å². The molecule has 0 aliphatic carbocycles.